The molecular weight excluding hydrogens is 355 g/mol. The van der Waals surface area contributed by atoms with Crippen LogP contribution in [0.25, 0.3) is 0 Å². The summed E-state index contributed by atoms with van der Waals surface area (Å²) in [6.07, 6.45) is -1.00. The van der Waals surface area contributed by atoms with E-state index in [9.17, 15) is 19.3 Å². The summed E-state index contributed by atoms with van der Waals surface area (Å²) in [5, 5.41) is 5.14. The number of methoxy groups -OCH3 is 2. The molecule has 1 aliphatic heterocycles. The van der Waals surface area contributed by atoms with Gasteiger partial charge < -0.3 is 0 Å². The second-order valence-corrected chi connectivity index (χ2v) is 8.34. The van der Waals surface area contributed by atoms with E-state index >= 15 is 0 Å². The van der Waals surface area contributed by atoms with Crippen LogP contribution in [0.3, 0.4) is 0 Å². The minimum absolute atomic E-state index is 0.0191. The summed E-state index contributed by atoms with van der Waals surface area (Å²) in [4.78, 5) is 45.5. The van der Waals surface area contributed by atoms with Crippen molar-refractivity contribution >= 4 is 25.9 Å². The maximum atomic E-state index is 12.4. The topological polar surface area (TPSA) is 132 Å². The van der Waals surface area contributed by atoms with Crippen LogP contribution in [0, 0.1) is 5.41 Å². The molecule has 0 aromatic rings. The molecule has 2 atom stereocenters. The van der Waals surface area contributed by atoms with Gasteiger partial charge in [-0.2, -0.15) is 0 Å². The van der Waals surface area contributed by atoms with E-state index < -0.39 is 43.5 Å². The van der Waals surface area contributed by atoms with Crippen LogP contribution < -0.4 is 10.4 Å². The Morgan fingerprint density at radius 2 is 1.96 bits per heavy atom. The third-order valence-electron chi connectivity index (χ3n) is 3.67. The Morgan fingerprint density at radius 1 is 1.32 bits per heavy atom. The summed E-state index contributed by atoms with van der Waals surface area (Å²) in [6, 6.07) is -0.870. The molecule has 1 heterocycles. The fourth-order valence-electron chi connectivity index (χ4n) is 2.19. The maximum absolute atomic E-state index is 12.4. The van der Waals surface area contributed by atoms with Crippen LogP contribution in [0.4, 0.5) is 0 Å². The van der Waals surface area contributed by atoms with Gasteiger partial charge in [-0.1, -0.05) is 0 Å². The Bertz CT molecular complexity index is 515. The summed E-state index contributed by atoms with van der Waals surface area (Å²) >= 11 is 0. The summed E-state index contributed by atoms with van der Waals surface area (Å²) in [6.45, 7) is 5.10. The van der Waals surface area contributed by atoms with Crippen molar-refractivity contribution in [2.24, 2.45) is 5.41 Å². The van der Waals surface area contributed by atoms with E-state index in [4.69, 9.17) is 9.05 Å². The first-order valence-electron chi connectivity index (χ1n) is 7.79. The Balaban J connectivity index is 2.73. The van der Waals surface area contributed by atoms with Gasteiger partial charge in [-0.15, -0.1) is 0 Å². The zero-order chi connectivity index (χ0) is 19.3. The molecule has 0 bridgehead atoms. The molecular formula is C14H27N2O8P. The van der Waals surface area contributed by atoms with E-state index in [0.717, 1.165) is 0 Å². The van der Waals surface area contributed by atoms with E-state index in [-0.39, 0.29) is 19.6 Å². The van der Waals surface area contributed by atoms with Gasteiger partial charge in [-0.25, -0.2) is 0 Å². The molecule has 11 heteroatoms. The SMILES string of the molecule is COC(=O)CCNC(=O)[C@@H]1O[PH](O)(N[C@@H](C)C(=O)OC)OCC1(C)C. The van der Waals surface area contributed by atoms with Crippen molar-refractivity contribution < 1.29 is 37.8 Å². The first-order chi connectivity index (χ1) is 11.5. The van der Waals surface area contributed by atoms with Gasteiger partial charge in [0.15, 0.2) is 0 Å². The Morgan fingerprint density at radius 3 is 2.52 bits per heavy atom. The van der Waals surface area contributed by atoms with E-state index in [1.807, 2.05) is 0 Å². The zero-order valence-electron chi connectivity index (χ0n) is 15.1. The van der Waals surface area contributed by atoms with Gasteiger partial charge in [-0.3, -0.25) is 0 Å². The first kappa shape index (κ1) is 21.7. The molecule has 0 radical (unpaired) electrons. The van der Waals surface area contributed by atoms with Crippen molar-refractivity contribution in [2.45, 2.75) is 39.3 Å². The molecule has 10 nitrogen and oxygen atoms in total. The summed E-state index contributed by atoms with van der Waals surface area (Å²) in [7, 11) is -1.49. The van der Waals surface area contributed by atoms with Crippen LogP contribution in [-0.2, 0) is 32.9 Å². The number of hydrogen-bond donors (Lipinski definition) is 3. The first-order valence-corrected chi connectivity index (χ1v) is 9.55. The number of hydrogen-bond acceptors (Lipinski definition) is 9. The molecule has 0 aromatic carbocycles. The average Bonchev–Trinajstić information content (AvgIpc) is 2.56. The summed E-state index contributed by atoms with van der Waals surface area (Å²) in [5.41, 5.74) is -0.717. The van der Waals surface area contributed by atoms with Crippen LogP contribution in [0.2, 0.25) is 0 Å². The number of ether oxygens (including phenoxy) is 2. The van der Waals surface area contributed by atoms with E-state index in [1.54, 1.807) is 13.8 Å². The predicted molar refractivity (Wildman–Crippen MR) is 89.4 cm³/mol. The van der Waals surface area contributed by atoms with Gasteiger partial charge in [0.1, 0.15) is 0 Å². The van der Waals surface area contributed by atoms with Gasteiger partial charge in [0.05, 0.1) is 0 Å². The molecule has 25 heavy (non-hydrogen) atoms. The molecule has 0 aliphatic carbocycles. The van der Waals surface area contributed by atoms with E-state index in [2.05, 4.69) is 19.9 Å². The van der Waals surface area contributed by atoms with Crippen LogP contribution in [0.15, 0.2) is 0 Å². The molecule has 1 rings (SSSR count). The number of carbonyl (C=O) groups is 3. The molecule has 146 valence electrons. The fourth-order valence-corrected chi connectivity index (χ4v) is 4.39. The minimum atomic E-state index is -3.96. The molecule has 0 spiro atoms. The Kier molecular flexibility index (Phi) is 7.70. The molecule has 0 unspecified atom stereocenters. The standard InChI is InChI=1S/C14H27N2O8P/c1-9(13(19)22-5)16-25(20)23-8-14(2,3)11(24-25)12(18)15-7-6-10(17)21-4/h9,11,16,20,25H,6-8H2,1-5H3,(H,15,18)/t9-,11-/m0/s1. The molecule has 1 fully saturated rings. The van der Waals surface area contributed by atoms with Crippen molar-refractivity contribution in [3.8, 4) is 0 Å². The summed E-state index contributed by atoms with van der Waals surface area (Å²) in [5.74, 6) is -1.54. The van der Waals surface area contributed by atoms with Crippen LogP contribution in [0.5, 0.6) is 0 Å². The molecule has 1 amide bonds. The molecule has 1 aliphatic rings. The zero-order valence-corrected chi connectivity index (χ0v) is 16.1. The van der Waals surface area contributed by atoms with Crippen molar-refractivity contribution in [1.29, 1.82) is 0 Å². The van der Waals surface area contributed by atoms with Gasteiger partial charge in [0.25, 0.3) is 0 Å². The van der Waals surface area contributed by atoms with E-state index in [1.165, 1.54) is 21.1 Å². The number of rotatable bonds is 7. The fraction of sp³-hybridized carbons (Fsp3) is 0.786. The van der Waals surface area contributed by atoms with Crippen LogP contribution in [-0.4, -0.2) is 62.3 Å². The van der Waals surface area contributed by atoms with Gasteiger partial charge in [0.2, 0.25) is 0 Å². The number of carbonyl (C=O) groups excluding carboxylic acids is 3. The van der Waals surface area contributed by atoms with Crippen molar-refractivity contribution in [1.82, 2.24) is 10.4 Å². The quantitative estimate of drug-likeness (QED) is 0.399. The second kappa shape index (κ2) is 8.86. The van der Waals surface area contributed by atoms with Crippen molar-refractivity contribution in [2.75, 3.05) is 27.4 Å². The van der Waals surface area contributed by atoms with Gasteiger partial charge in [-0.05, 0) is 0 Å². The van der Waals surface area contributed by atoms with Crippen LogP contribution in [0.1, 0.15) is 27.2 Å². The normalized spacial score (nSPS) is 23.8. The third-order valence-corrected chi connectivity index (χ3v) is 5.56. The van der Waals surface area contributed by atoms with Crippen molar-refractivity contribution in [3.63, 3.8) is 0 Å². The number of amides is 1. The Labute approximate surface area is 147 Å². The van der Waals surface area contributed by atoms with Gasteiger partial charge in [0, 0.05) is 0 Å². The third kappa shape index (κ3) is 6.16. The average molecular weight is 382 g/mol. The van der Waals surface area contributed by atoms with Crippen LogP contribution >= 0.6 is 8.09 Å². The molecule has 0 aromatic heterocycles. The predicted octanol–water partition coefficient (Wildman–Crippen LogP) is -0.339. The summed E-state index contributed by atoms with van der Waals surface area (Å²) < 4.78 is 20.0. The second-order valence-electron chi connectivity index (χ2n) is 6.36. The van der Waals surface area contributed by atoms with E-state index in [0.29, 0.717) is 0 Å². The van der Waals surface area contributed by atoms with Gasteiger partial charge >= 0.3 is 146 Å². The monoisotopic (exact) mass is 382 g/mol. The number of nitrogens with one attached hydrogen (secondary N) is 2. The molecule has 1 saturated heterocycles. The number of esters is 2. The molecule has 3 N–H and O–H groups in total. The van der Waals surface area contributed by atoms with Crippen molar-refractivity contribution in [3.05, 3.63) is 0 Å². The Hall–Kier alpha value is -1.32. The molecule has 0 saturated carbocycles.